The van der Waals surface area contributed by atoms with Gasteiger partial charge in [0.05, 0.1) is 6.54 Å². The summed E-state index contributed by atoms with van der Waals surface area (Å²) in [6.07, 6.45) is 2.20. The molecule has 1 saturated heterocycles. The van der Waals surface area contributed by atoms with Gasteiger partial charge in [0.15, 0.2) is 5.82 Å². The molecule has 1 aromatic carbocycles. The fraction of sp³-hybridized carbons (Fsp3) is 0.591. The van der Waals surface area contributed by atoms with Gasteiger partial charge in [0.25, 0.3) is 5.91 Å². The van der Waals surface area contributed by atoms with Gasteiger partial charge in [-0.15, -0.1) is 0 Å². The van der Waals surface area contributed by atoms with Crippen molar-refractivity contribution in [3.8, 4) is 5.75 Å². The summed E-state index contributed by atoms with van der Waals surface area (Å²) < 4.78 is 11.3. The van der Waals surface area contributed by atoms with Gasteiger partial charge in [-0.2, -0.15) is 4.98 Å². The number of aromatic nitrogens is 2. The Kier molecular flexibility index (Phi) is 6.57. The highest BCUT2D eigenvalue weighted by molar-refractivity contribution is 5.94. The number of carbonyl (C=O) groups is 1. The Bertz CT molecular complexity index is 819. The predicted molar refractivity (Wildman–Crippen MR) is 111 cm³/mol. The lowest BCUT2D eigenvalue weighted by molar-refractivity contribution is 0.0760. The third-order valence-corrected chi connectivity index (χ3v) is 4.91. The summed E-state index contributed by atoms with van der Waals surface area (Å²) in [5.74, 6) is 1.62. The highest BCUT2D eigenvalue weighted by Crippen LogP contribution is 2.23. The minimum atomic E-state index is -0.105. The van der Waals surface area contributed by atoms with E-state index in [1.165, 1.54) is 0 Å². The molecule has 0 saturated carbocycles. The standard InChI is InChI=1S/C22H32N4O3/c1-16-23-20(29-24-16)14-25(5)21(27)17-7-6-8-19(13-17)28-18-9-11-26(12-10-18)15-22(2,3)4/h6-8,13,18H,9-12,14-15H2,1-5H3. The van der Waals surface area contributed by atoms with Crippen LogP contribution in [0.2, 0.25) is 0 Å². The number of benzene rings is 1. The first kappa shape index (κ1) is 21.3. The molecule has 7 nitrogen and oxygen atoms in total. The van der Waals surface area contributed by atoms with Crippen molar-refractivity contribution in [1.29, 1.82) is 0 Å². The highest BCUT2D eigenvalue weighted by atomic mass is 16.5. The van der Waals surface area contributed by atoms with Crippen LogP contribution in [-0.4, -0.2) is 58.6 Å². The Morgan fingerprint density at radius 3 is 2.66 bits per heavy atom. The fourth-order valence-corrected chi connectivity index (χ4v) is 3.65. The third kappa shape index (κ3) is 6.29. The van der Waals surface area contributed by atoms with Crippen molar-refractivity contribution in [3.05, 3.63) is 41.5 Å². The summed E-state index contributed by atoms with van der Waals surface area (Å²) in [6, 6.07) is 7.40. The third-order valence-electron chi connectivity index (χ3n) is 4.91. The molecule has 2 aromatic rings. The van der Waals surface area contributed by atoms with Crippen LogP contribution in [0.25, 0.3) is 0 Å². The second-order valence-corrected chi connectivity index (χ2v) is 9.08. The second-order valence-electron chi connectivity index (χ2n) is 9.08. The molecule has 1 aliphatic rings. The zero-order valence-corrected chi connectivity index (χ0v) is 18.1. The van der Waals surface area contributed by atoms with Crippen molar-refractivity contribution in [3.63, 3.8) is 0 Å². The SMILES string of the molecule is Cc1noc(CN(C)C(=O)c2cccc(OC3CCN(CC(C)(C)C)CC3)c2)n1. The van der Waals surface area contributed by atoms with Crippen molar-refractivity contribution in [1.82, 2.24) is 19.9 Å². The number of rotatable bonds is 6. The fourth-order valence-electron chi connectivity index (χ4n) is 3.65. The Morgan fingerprint density at radius 1 is 1.31 bits per heavy atom. The van der Waals surface area contributed by atoms with Crippen LogP contribution in [0.3, 0.4) is 0 Å². The van der Waals surface area contributed by atoms with Gasteiger partial charge in [0.1, 0.15) is 11.9 Å². The number of aryl methyl sites for hydroxylation is 1. The van der Waals surface area contributed by atoms with Crippen LogP contribution in [0.4, 0.5) is 0 Å². The van der Waals surface area contributed by atoms with Gasteiger partial charge in [-0.25, -0.2) is 0 Å². The lowest BCUT2D eigenvalue weighted by atomic mass is 9.94. The van der Waals surface area contributed by atoms with E-state index in [0.717, 1.165) is 38.2 Å². The predicted octanol–water partition coefficient (Wildman–Crippen LogP) is 3.54. The maximum Gasteiger partial charge on any atom is 0.254 e. The maximum absolute atomic E-state index is 12.7. The van der Waals surface area contributed by atoms with Crippen molar-refractivity contribution >= 4 is 5.91 Å². The number of nitrogens with zero attached hydrogens (tertiary/aromatic N) is 4. The number of carbonyl (C=O) groups excluding carboxylic acids is 1. The molecule has 1 amide bonds. The molecule has 0 radical (unpaired) electrons. The molecule has 0 N–H and O–H groups in total. The number of amides is 1. The summed E-state index contributed by atoms with van der Waals surface area (Å²) in [7, 11) is 1.72. The number of likely N-dealkylation sites (tertiary alicyclic amines) is 1. The number of piperidine rings is 1. The Hall–Kier alpha value is -2.41. The van der Waals surface area contributed by atoms with E-state index in [1.54, 1.807) is 24.9 Å². The molecule has 1 aliphatic heterocycles. The largest absolute Gasteiger partial charge is 0.490 e. The van der Waals surface area contributed by atoms with Crippen LogP contribution in [0.1, 0.15) is 55.7 Å². The molecule has 0 bridgehead atoms. The van der Waals surface area contributed by atoms with Gasteiger partial charge < -0.3 is 19.1 Å². The molecular formula is C22H32N4O3. The summed E-state index contributed by atoms with van der Waals surface area (Å²) >= 11 is 0. The molecule has 7 heteroatoms. The van der Waals surface area contributed by atoms with Gasteiger partial charge in [-0.05, 0) is 43.4 Å². The van der Waals surface area contributed by atoms with E-state index in [4.69, 9.17) is 9.26 Å². The summed E-state index contributed by atoms with van der Waals surface area (Å²) in [6.45, 7) is 12.0. The highest BCUT2D eigenvalue weighted by Gasteiger charge is 2.24. The van der Waals surface area contributed by atoms with Gasteiger partial charge in [-0.1, -0.05) is 32.0 Å². The van der Waals surface area contributed by atoms with Crippen molar-refractivity contribution in [2.24, 2.45) is 5.41 Å². The number of hydrogen-bond acceptors (Lipinski definition) is 6. The molecule has 1 aromatic heterocycles. The summed E-state index contributed by atoms with van der Waals surface area (Å²) in [5, 5.41) is 3.76. The van der Waals surface area contributed by atoms with Crippen molar-refractivity contribution < 1.29 is 14.1 Å². The normalized spacial score (nSPS) is 16.0. The molecular weight excluding hydrogens is 368 g/mol. The van der Waals surface area contributed by atoms with E-state index in [-0.39, 0.29) is 18.6 Å². The molecule has 2 heterocycles. The lowest BCUT2D eigenvalue weighted by Gasteiger charge is -2.36. The lowest BCUT2D eigenvalue weighted by Crippen LogP contribution is -2.42. The van der Waals surface area contributed by atoms with E-state index in [0.29, 0.717) is 22.7 Å². The average molecular weight is 401 g/mol. The Morgan fingerprint density at radius 2 is 2.03 bits per heavy atom. The van der Waals surface area contributed by atoms with E-state index < -0.39 is 0 Å². The maximum atomic E-state index is 12.7. The van der Waals surface area contributed by atoms with E-state index in [9.17, 15) is 4.79 Å². The summed E-state index contributed by atoms with van der Waals surface area (Å²) in [5.41, 5.74) is 0.903. The molecule has 0 unspecified atom stereocenters. The van der Waals surface area contributed by atoms with Crippen molar-refractivity contribution in [2.75, 3.05) is 26.7 Å². The van der Waals surface area contributed by atoms with Gasteiger partial charge in [0, 0.05) is 32.2 Å². The van der Waals surface area contributed by atoms with Crippen LogP contribution in [0.5, 0.6) is 5.75 Å². The molecule has 0 aliphatic carbocycles. The van der Waals surface area contributed by atoms with E-state index in [1.807, 2.05) is 18.2 Å². The first-order chi connectivity index (χ1) is 13.7. The summed E-state index contributed by atoms with van der Waals surface area (Å²) in [4.78, 5) is 21.0. The monoisotopic (exact) mass is 400 g/mol. The van der Waals surface area contributed by atoms with E-state index in [2.05, 4.69) is 35.8 Å². The number of ether oxygens (including phenoxy) is 1. The van der Waals surface area contributed by atoms with E-state index >= 15 is 0 Å². The first-order valence-corrected chi connectivity index (χ1v) is 10.2. The van der Waals surface area contributed by atoms with Crippen LogP contribution < -0.4 is 4.74 Å². The minimum Gasteiger partial charge on any atom is -0.490 e. The van der Waals surface area contributed by atoms with Crippen molar-refractivity contribution in [2.45, 2.75) is 53.2 Å². The Labute approximate surface area is 173 Å². The molecule has 0 atom stereocenters. The topological polar surface area (TPSA) is 71.7 Å². The van der Waals surface area contributed by atoms with Gasteiger partial charge >= 0.3 is 0 Å². The molecule has 3 rings (SSSR count). The molecule has 1 fully saturated rings. The van der Waals surface area contributed by atoms with Crippen LogP contribution in [0, 0.1) is 12.3 Å². The quantitative estimate of drug-likeness (QED) is 0.739. The first-order valence-electron chi connectivity index (χ1n) is 10.2. The number of hydrogen-bond donors (Lipinski definition) is 0. The second kappa shape index (κ2) is 8.95. The van der Waals surface area contributed by atoms with Gasteiger partial charge in [-0.3, -0.25) is 4.79 Å². The smallest absolute Gasteiger partial charge is 0.254 e. The zero-order chi connectivity index (χ0) is 21.0. The van der Waals surface area contributed by atoms with Gasteiger partial charge in [0.2, 0.25) is 5.89 Å². The molecule has 0 spiro atoms. The van der Waals surface area contributed by atoms with Crippen LogP contribution in [0.15, 0.2) is 28.8 Å². The average Bonchev–Trinajstić information content (AvgIpc) is 3.06. The molecule has 158 valence electrons. The zero-order valence-electron chi connectivity index (χ0n) is 18.1. The minimum absolute atomic E-state index is 0.105. The molecule has 29 heavy (non-hydrogen) atoms. The Balaban J connectivity index is 1.55. The van der Waals surface area contributed by atoms with Crippen LogP contribution >= 0.6 is 0 Å². The van der Waals surface area contributed by atoms with Crippen LogP contribution in [-0.2, 0) is 6.54 Å².